The highest BCUT2D eigenvalue weighted by molar-refractivity contribution is 14.1. The minimum atomic E-state index is -1.04. The third-order valence-electron chi connectivity index (χ3n) is 2.87. The molecule has 0 bridgehead atoms. The van der Waals surface area contributed by atoms with Crippen LogP contribution in [0.2, 0.25) is 25.7 Å². The van der Waals surface area contributed by atoms with Crippen molar-refractivity contribution >= 4 is 47.4 Å². The quantitative estimate of drug-likeness (QED) is 0.484. The Labute approximate surface area is 127 Å². The Kier molecular flexibility index (Phi) is 4.46. The van der Waals surface area contributed by atoms with Crippen LogP contribution in [0, 0.1) is 3.57 Å². The molecular weight excluding hydrogens is 371 g/mol. The van der Waals surface area contributed by atoms with Gasteiger partial charge in [0.1, 0.15) is 12.5 Å². The van der Waals surface area contributed by atoms with Gasteiger partial charge in [-0.25, -0.2) is 9.67 Å². The molecule has 0 atom stereocenters. The summed E-state index contributed by atoms with van der Waals surface area (Å²) in [5, 5.41) is 5.22. The van der Waals surface area contributed by atoms with Crippen molar-refractivity contribution in [2.45, 2.75) is 32.4 Å². The molecule has 0 aliphatic carbocycles. The zero-order chi connectivity index (χ0) is 14.0. The van der Waals surface area contributed by atoms with Crippen LogP contribution >= 0.6 is 22.6 Å². The van der Waals surface area contributed by atoms with Crippen LogP contribution in [0.3, 0.4) is 0 Å². The molecule has 0 spiro atoms. The summed E-state index contributed by atoms with van der Waals surface area (Å²) in [5.41, 5.74) is 6.85. The topological polar surface area (TPSA) is 66.0 Å². The zero-order valence-corrected chi connectivity index (χ0v) is 14.6. The number of fused-ring (bicyclic) bond motifs is 1. The van der Waals surface area contributed by atoms with Crippen molar-refractivity contribution < 1.29 is 4.74 Å². The van der Waals surface area contributed by atoms with Gasteiger partial charge in [0.25, 0.3) is 0 Å². The normalized spacial score (nSPS) is 12.2. The summed E-state index contributed by atoms with van der Waals surface area (Å²) in [6, 6.07) is 1.16. The number of nitrogen functional groups attached to an aromatic ring is 1. The lowest BCUT2D eigenvalue weighted by molar-refractivity contribution is 0.0816. The molecule has 2 heterocycles. The number of anilines is 1. The second-order valence-electron chi connectivity index (χ2n) is 5.75. The van der Waals surface area contributed by atoms with E-state index in [1.54, 1.807) is 12.4 Å². The molecule has 5 nitrogen and oxygen atoms in total. The van der Waals surface area contributed by atoms with Gasteiger partial charge in [-0.3, -0.25) is 0 Å². The average molecular weight is 390 g/mol. The summed E-state index contributed by atoms with van der Waals surface area (Å²) in [4.78, 5) is 4.13. The molecule has 0 fully saturated rings. The third kappa shape index (κ3) is 3.66. The van der Waals surface area contributed by atoms with E-state index in [-0.39, 0.29) is 0 Å². The number of aromatic nitrogens is 3. The molecule has 2 rings (SSSR count). The van der Waals surface area contributed by atoms with E-state index in [1.165, 1.54) is 0 Å². The molecule has 19 heavy (non-hydrogen) atoms. The molecule has 0 radical (unpaired) electrons. The second kappa shape index (κ2) is 5.76. The van der Waals surface area contributed by atoms with E-state index in [2.05, 4.69) is 52.3 Å². The first kappa shape index (κ1) is 14.7. The van der Waals surface area contributed by atoms with Crippen molar-refractivity contribution in [1.29, 1.82) is 0 Å². The summed E-state index contributed by atoms with van der Waals surface area (Å²) < 4.78 is 8.61. The van der Waals surface area contributed by atoms with E-state index in [4.69, 9.17) is 10.5 Å². The molecule has 7 heteroatoms. The average Bonchev–Trinajstić information content (AvgIpc) is 2.73. The molecule has 0 aromatic carbocycles. The fourth-order valence-electron chi connectivity index (χ4n) is 1.71. The van der Waals surface area contributed by atoms with Crippen molar-refractivity contribution in [2.24, 2.45) is 0 Å². The van der Waals surface area contributed by atoms with Gasteiger partial charge in [-0.05, 0) is 28.6 Å². The maximum atomic E-state index is 5.85. The molecular formula is C12H19IN4OSi. The number of hydrogen-bond donors (Lipinski definition) is 1. The smallest absolute Gasteiger partial charge is 0.140 e. The molecule has 0 unspecified atom stereocenters. The molecule has 0 aliphatic rings. The van der Waals surface area contributed by atoms with Crippen LogP contribution in [-0.2, 0) is 11.5 Å². The molecule has 2 aromatic rings. The number of rotatable bonds is 5. The minimum absolute atomic E-state index is 0.466. The molecule has 104 valence electrons. The summed E-state index contributed by atoms with van der Waals surface area (Å²) in [5.74, 6) is 0.517. The lowest BCUT2D eigenvalue weighted by atomic mass is 10.3. The molecule has 0 amide bonds. The van der Waals surface area contributed by atoms with E-state index in [0.29, 0.717) is 12.5 Å². The van der Waals surface area contributed by atoms with Gasteiger partial charge in [0.15, 0.2) is 0 Å². The standard InChI is InChI=1S/C12H19IN4OSi/c1-19(2,3)5-4-18-8-17-11-9(6-16-17)12(14)15-7-10(11)13/h6-7H,4-5,8H2,1-3H3,(H2,14,15). The minimum Gasteiger partial charge on any atom is -0.383 e. The Morgan fingerprint density at radius 2 is 2.11 bits per heavy atom. The van der Waals surface area contributed by atoms with Gasteiger partial charge in [-0.15, -0.1) is 0 Å². The lowest BCUT2D eigenvalue weighted by Crippen LogP contribution is -2.22. The van der Waals surface area contributed by atoms with Crippen molar-refractivity contribution in [1.82, 2.24) is 14.8 Å². The summed E-state index contributed by atoms with van der Waals surface area (Å²) in [6.45, 7) is 8.28. The zero-order valence-electron chi connectivity index (χ0n) is 11.5. The van der Waals surface area contributed by atoms with Crippen LogP contribution in [0.1, 0.15) is 0 Å². The SMILES string of the molecule is C[Si](C)(C)CCOCn1ncc2c(N)ncc(I)c21. The van der Waals surface area contributed by atoms with Crippen LogP contribution in [0.5, 0.6) is 0 Å². The Balaban J connectivity index is 2.08. The van der Waals surface area contributed by atoms with E-state index >= 15 is 0 Å². The number of halogens is 1. The molecule has 2 N–H and O–H groups in total. The molecule has 2 aromatic heterocycles. The molecule has 0 saturated carbocycles. The summed E-state index contributed by atoms with van der Waals surface area (Å²) in [6.07, 6.45) is 3.51. The van der Waals surface area contributed by atoms with Gasteiger partial charge in [0, 0.05) is 20.9 Å². The van der Waals surface area contributed by atoms with E-state index in [1.807, 2.05) is 4.68 Å². The maximum absolute atomic E-state index is 5.85. The maximum Gasteiger partial charge on any atom is 0.140 e. The van der Waals surface area contributed by atoms with Gasteiger partial charge < -0.3 is 10.5 Å². The predicted octanol–water partition coefficient (Wildman–Crippen LogP) is 2.93. The van der Waals surface area contributed by atoms with E-state index in [0.717, 1.165) is 27.1 Å². The number of nitrogens with zero attached hydrogens (tertiary/aromatic N) is 3. The first-order valence-corrected chi connectivity index (χ1v) is 11.0. The Morgan fingerprint density at radius 3 is 2.79 bits per heavy atom. The van der Waals surface area contributed by atoms with Gasteiger partial charge in [0.05, 0.1) is 20.7 Å². The van der Waals surface area contributed by atoms with E-state index < -0.39 is 8.07 Å². The number of ether oxygens (including phenoxy) is 1. The Morgan fingerprint density at radius 1 is 1.37 bits per heavy atom. The fourth-order valence-corrected chi connectivity index (χ4v) is 3.17. The first-order chi connectivity index (χ1) is 8.88. The van der Waals surface area contributed by atoms with Crippen LogP contribution in [-0.4, -0.2) is 29.4 Å². The van der Waals surface area contributed by atoms with Gasteiger partial charge in [0.2, 0.25) is 0 Å². The Bertz CT molecular complexity index is 579. The highest BCUT2D eigenvalue weighted by atomic mass is 127. The number of hydrogen-bond acceptors (Lipinski definition) is 4. The predicted molar refractivity (Wildman–Crippen MR) is 88.8 cm³/mol. The van der Waals surface area contributed by atoms with Crippen LogP contribution in [0.25, 0.3) is 10.9 Å². The van der Waals surface area contributed by atoms with Gasteiger partial charge in [-0.1, -0.05) is 19.6 Å². The first-order valence-electron chi connectivity index (χ1n) is 6.22. The van der Waals surface area contributed by atoms with E-state index in [9.17, 15) is 0 Å². The second-order valence-corrected chi connectivity index (χ2v) is 12.5. The lowest BCUT2D eigenvalue weighted by Gasteiger charge is -2.15. The van der Waals surface area contributed by atoms with Crippen molar-refractivity contribution in [2.75, 3.05) is 12.3 Å². The largest absolute Gasteiger partial charge is 0.383 e. The molecule has 0 saturated heterocycles. The Hall–Kier alpha value is -0.673. The highest BCUT2D eigenvalue weighted by Crippen LogP contribution is 2.23. The molecule has 0 aliphatic heterocycles. The summed E-state index contributed by atoms with van der Waals surface area (Å²) in [7, 11) is -1.04. The van der Waals surface area contributed by atoms with Gasteiger partial charge >= 0.3 is 0 Å². The summed E-state index contributed by atoms with van der Waals surface area (Å²) >= 11 is 2.24. The van der Waals surface area contributed by atoms with Crippen LogP contribution < -0.4 is 5.73 Å². The van der Waals surface area contributed by atoms with Crippen LogP contribution in [0.4, 0.5) is 5.82 Å². The van der Waals surface area contributed by atoms with Gasteiger partial charge in [-0.2, -0.15) is 5.10 Å². The van der Waals surface area contributed by atoms with Crippen molar-refractivity contribution in [3.05, 3.63) is 16.0 Å². The van der Waals surface area contributed by atoms with Crippen molar-refractivity contribution in [3.63, 3.8) is 0 Å². The highest BCUT2D eigenvalue weighted by Gasteiger charge is 2.13. The van der Waals surface area contributed by atoms with Crippen molar-refractivity contribution in [3.8, 4) is 0 Å². The third-order valence-corrected chi connectivity index (χ3v) is 5.36. The number of nitrogens with two attached hydrogens (primary N) is 1. The monoisotopic (exact) mass is 390 g/mol. The fraction of sp³-hybridized carbons (Fsp3) is 0.500. The van der Waals surface area contributed by atoms with Crippen LogP contribution in [0.15, 0.2) is 12.4 Å². The number of pyridine rings is 1.